The lowest BCUT2D eigenvalue weighted by Crippen LogP contribution is -2.56. The molecule has 3 fully saturated rings. The molecule has 1 heterocycles. The number of hydrogen-bond acceptors (Lipinski definition) is 6. The molecule has 172 valence electrons. The van der Waals surface area contributed by atoms with Crippen LogP contribution in [0.1, 0.15) is 38.4 Å². The van der Waals surface area contributed by atoms with Gasteiger partial charge in [-0.25, -0.2) is 0 Å². The second-order valence-electron chi connectivity index (χ2n) is 10.2. The zero-order valence-electron chi connectivity index (χ0n) is 17.9. The summed E-state index contributed by atoms with van der Waals surface area (Å²) in [7, 11) is 0. The van der Waals surface area contributed by atoms with E-state index in [1.54, 1.807) is 54.0 Å². The van der Waals surface area contributed by atoms with Crippen LogP contribution in [0.25, 0.3) is 0 Å². The van der Waals surface area contributed by atoms with E-state index in [1.165, 1.54) is 0 Å². The predicted octanol–water partition coefficient (Wildman–Crippen LogP) is 2.25. The summed E-state index contributed by atoms with van der Waals surface area (Å²) in [4.78, 5) is 26.7. The van der Waals surface area contributed by atoms with E-state index < -0.39 is 40.5 Å². The normalized spacial score (nSPS) is 44.6. The molecule has 4 N–H and O–H groups in total. The molecule has 8 atom stereocenters. The number of amides is 1. The summed E-state index contributed by atoms with van der Waals surface area (Å²) in [5.74, 6) is -0.899. The highest BCUT2D eigenvalue weighted by atomic mass is 127. The molecule has 0 aromatic carbocycles. The second-order valence-corrected chi connectivity index (χ2v) is 11.2. The fraction of sp³-hybridized carbons (Fsp3) is 0.583. The van der Waals surface area contributed by atoms with Crippen LogP contribution in [0, 0.1) is 28.6 Å². The summed E-state index contributed by atoms with van der Waals surface area (Å²) in [6.45, 7) is 6.00. The molecule has 1 aromatic heterocycles. The standard InChI is InChI=1S/C24H28INO6/c1-12-9-23-11-24(12,31)6-5-15(23)14-8-16(27)19(28)22(2,21(25)30)17(14)18(23)20(29)26-10-13-4-3-7-32-13/h3-4,7-8,15-19,27-28,31H,1,5-6,9-11H2,2H3,(H,26,29)/t15-,16+,17?,18+,19-,22-,23-,24-/m0/s1. The van der Waals surface area contributed by atoms with Crippen LogP contribution in [0.5, 0.6) is 0 Å². The topological polar surface area (TPSA) is 120 Å². The van der Waals surface area contributed by atoms with Gasteiger partial charge in [0.15, 0.2) is 0 Å². The molecule has 0 radical (unpaired) electrons. The molecule has 1 aromatic rings. The van der Waals surface area contributed by atoms with E-state index in [4.69, 9.17) is 4.42 Å². The maximum Gasteiger partial charge on any atom is 0.224 e. The molecular weight excluding hydrogens is 525 g/mol. The summed E-state index contributed by atoms with van der Waals surface area (Å²) in [5.41, 5.74) is -1.36. The number of rotatable bonds is 4. The Kier molecular flexibility index (Phi) is 5.06. The summed E-state index contributed by atoms with van der Waals surface area (Å²) < 4.78 is 5.07. The second kappa shape index (κ2) is 7.25. The van der Waals surface area contributed by atoms with Crippen LogP contribution in [0.3, 0.4) is 0 Å². The van der Waals surface area contributed by atoms with Gasteiger partial charge < -0.3 is 25.1 Å². The van der Waals surface area contributed by atoms with Crippen LogP contribution >= 0.6 is 22.6 Å². The Bertz CT molecular complexity index is 1020. The van der Waals surface area contributed by atoms with E-state index in [0.717, 1.165) is 11.1 Å². The number of hydrogen-bond donors (Lipinski definition) is 4. The van der Waals surface area contributed by atoms with Gasteiger partial charge in [0.1, 0.15) is 5.76 Å². The van der Waals surface area contributed by atoms with E-state index in [1.807, 2.05) is 0 Å². The summed E-state index contributed by atoms with van der Waals surface area (Å²) in [5, 5.41) is 35.9. The Morgan fingerprint density at radius 3 is 2.78 bits per heavy atom. The van der Waals surface area contributed by atoms with E-state index in [9.17, 15) is 24.9 Å². The van der Waals surface area contributed by atoms with Gasteiger partial charge in [-0.1, -0.05) is 18.2 Å². The van der Waals surface area contributed by atoms with Crippen LogP contribution in [0.2, 0.25) is 0 Å². The van der Waals surface area contributed by atoms with Crippen molar-refractivity contribution in [1.82, 2.24) is 5.32 Å². The number of carbonyl (C=O) groups is 2. The smallest absolute Gasteiger partial charge is 0.224 e. The minimum Gasteiger partial charge on any atom is -0.467 e. The Hall–Kier alpha value is -1.49. The first-order valence-corrected chi connectivity index (χ1v) is 12.1. The maximum absolute atomic E-state index is 13.8. The van der Waals surface area contributed by atoms with Gasteiger partial charge in [0.2, 0.25) is 9.70 Å². The van der Waals surface area contributed by atoms with Crippen molar-refractivity contribution in [2.45, 2.75) is 57.0 Å². The van der Waals surface area contributed by atoms with Crippen molar-refractivity contribution in [1.29, 1.82) is 0 Å². The summed E-state index contributed by atoms with van der Waals surface area (Å²) >= 11 is 1.68. The van der Waals surface area contributed by atoms with Crippen LogP contribution in [-0.2, 0) is 16.1 Å². The number of carbonyl (C=O) groups excluding carboxylic acids is 2. The van der Waals surface area contributed by atoms with Gasteiger partial charge in [0.25, 0.3) is 0 Å². The van der Waals surface area contributed by atoms with Crippen molar-refractivity contribution in [3.63, 3.8) is 0 Å². The third-order valence-electron chi connectivity index (χ3n) is 8.75. The van der Waals surface area contributed by atoms with E-state index in [0.29, 0.717) is 31.4 Å². The number of aliphatic hydroxyl groups is 3. The number of nitrogens with one attached hydrogen (secondary N) is 1. The van der Waals surface area contributed by atoms with Crippen molar-refractivity contribution in [2.75, 3.05) is 0 Å². The molecule has 32 heavy (non-hydrogen) atoms. The molecule has 4 aliphatic rings. The van der Waals surface area contributed by atoms with Crippen LogP contribution in [0.15, 0.2) is 46.6 Å². The number of aliphatic hydroxyl groups excluding tert-OH is 2. The van der Waals surface area contributed by atoms with Gasteiger partial charge in [-0.15, -0.1) is 0 Å². The lowest BCUT2D eigenvalue weighted by atomic mass is 9.60. The van der Waals surface area contributed by atoms with Gasteiger partial charge in [-0.3, -0.25) is 9.59 Å². The molecule has 3 saturated carbocycles. The SMILES string of the molecule is C=C1C[C@]23C[C@@]1(O)CC[C@H]2C1=C[C@@H](O)[C@H](O)[C@@](C)(C(=O)I)C1[C@@H]3C(=O)NCc1ccco1. The van der Waals surface area contributed by atoms with Crippen molar-refractivity contribution in [3.8, 4) is 0 Å². The lowest BCUT2D eigenvalue weighted by Gasteiger charge is -2.45. The van der Waals surface area contributed by atoms with Crippen molar-refractivity contribution in [2.24, 2.45) is 28.6 Å². The molecule has 1 unspecified atom stereocenters. The highest BCUT2D eigenvalue weighted by Crippen LogP contribution is 2.73. The molecule has 8 heteroatoms. The number of furan rings is 1. The van der Waals surface area contributed by atoms with Crippen LogP contribution < -0.4 is 5.32 Å². The predicted molar refractivity (Wildman–Crippen MR) is 123 cm³/mol. The zero-order chi connectivity index (χ0) is 23.1. The fourth-order valence-electron chi connectivity index (χ4n) is 7.24. The lowest BCUT2D eigenvalue weighted by molar-refractivity contribution is -0.145. The molecule has 2 bridgehead atoms. The highest BCUT2D eigenvalue weighted by molar-refractivity contribution is 14.1. The third kappa shape index (κ3) is 2.82. The summed E-state index contributed by atoms with van der Waals surface area (Å²) in [6, 6.07) is 3.52. The molecule has 1 spiro atoms. The number of halogens is 1. The highest BCUT2D eigenvalue weighted by Gasteiger charge is 2.73. The largest absolute Gasteiger partial charge is 0.467 e. The van der Waals surface area contributed by atoms with Gasteiger partial charge in [-0.2, -0.15) is 0 Å². The van der Waals surface area contributed by atoms with Crippen molar-refractivity contribution in [3.05, 3.63) is 48.0 Å². The van der Waals surface area contributed by atoms with Crippen molar-refractivity contribution < 1.29 is 29.3 Å². The van der Waals surface area contributed by atoms with Gasteiger partial charge in [0, 0.05) is 28.5 Å². The zero-order valence-corrected chi connectivity index (χ0v) is 20.0. The number of allylic oxidation sites excluding steroid dienone is 1. The first-order valence-electron chi connectivity index (χ1n) is 11.0. The first kappa shape index (κ1) is 22.3. The quantitative estimate of drug-likeness (QED) is 0.258. The van der Waals surface area contributed by atoms with E-state index in [-0.39, 0.29) is 22.2 Å². The monoisotopic (exact) mass is 553 g/mol. The fourth-order valence-corrected chi connectivity index (χ4v) is 7.89. The first-order chi connectivity index (χ1) is 15.0. The third-order valence-corrected chi connectivity index (χ3v) is 9.91. The average molecular weight is 553 g/mol. The Morgan fingerprint density at radius 1 is 1.38 bits per heavy atom. The Morgan fingerprint density at radius 2 is 2.12 bits per heavy atom. The minimum absolute atomic E-state index is 0.0661. The van der Waals surface area contributed by atoms with Crippen molar-refractivity contribution >= 4 is 32.3 Å². The number of fused-ring (bicyclic) bond motifs is 3. The van der Waals surface area contributed by atoms with E-state index >= 15 is 0 Å². The average Bonchev–Trinajstić information content (AvgIpc) is 3.39. The molecule has 0 aliphatic heterocycles. The molecule has 0 saturated heterocycles. The van der Waals surface area contributed by atoms with Gasteiger partial charge in [0.05, 0.1) is 41.9 Å². The molecule has 5 rings (SSSR count). The van der Waals surface area contributed by atoms with Gasteiger partial charge in [-0.05, 0) is 61.6 Å². The Balaban J connectivity index is 1.63. The molecule has 4 aliphatic carbocycles. The van der Waals surface area contributed by atoms with Crippen LogP contribution in [-0.4, -0.2) is 42.8 Å². The summed E-state index contributed by atoms with van der Waals surface area (Å²) in [6.07, 6.45) is 2.77. The molecule has 1 amide bonds. The molecule has 7 nitrogen and oxygen atoms in total. The van der Waals surface area contributed by atoms with E-state index in [2.05, 4.69) is 11.9 Å². The molecular formula is C24H28INO6. The minimum atomic E-state index is -1.33. The maximum atomic E-state index is 13.8. The van der Waals surface area contributed by atoms with Gasteiger partial charge >= 0.3 is 0 Å². The van der Waals surface area contributed by atoms with Crippen LogP contribution in [0.4, 0.5) is 0 Å². The Labute approximate surface area is 200 Å².